The summed E-state index contributed by atoms with van der Waals surface area (Å²) in [7, 11) is 0. The van der Waals surface area contributed by atoms with Gasteiger partial charge >= 0.3 is 0 Å². The van der Waals surface area contributed by atoms with Crippen molar-refractivity contribution in [2.24, 2.45) is 0 Å². The molecule has 0 saturated heterocycles. The molecule has 0 aliphatic carbocycles. The highest BCUT2D eigenvalue weighted by molar-refractivity contribution is 7.07. The number of thiophene rings is 1. The van der Waals surface area contributed by atoms with Crippen LogP contribution in [0.5, 0.6) is 5.75 Å². The Kier molecular flexibility index (Phi) is 5.08. The fourth-order valence-electron chi connectivity index (χ4n) is 1.75. The lowest BCUT2D eigenvalue weighted by Gasteiger charge is -2.22. The predicted molar refractivity (Wildman–Crippen MR) is 86.7 cm³/mol. The molecule has 0 amide bonds. The lowest BCUT2D eigenvalue weighted by Crippen LogP contribution is -2.35. The van der Waals surface area contributed by atoms with Crippen LogP contribution in [-0.2, 0) is 13.2 Å². The largest absolute Gasteiger partial charge is 0.487 e. The molecule has 2 aromatic rings. The van der Waals surface area contributed by atoms with Crippen molar-refractivity contribution in [3.63, 3.8) is 0 Å². The molecule has 4 heteroatoms. The van der Waals surface area contributed by atoms with Crippen molar-refractivity contribution < 1.29 is 4.74 Å². The molecule has 1 aromatic carbocycles. The quantitative estimate of drug-likeness (QED) is 0.851. The van der Waals surface area contributed by atoms with E-state index in [9.17, 15) is 0 Å². The normalized spacial score (nSPS) is 11.6. The minimum Gasteiger partial charge on any atom is -0.487 e. The second-order valence-corrected chi connectivity index (χ2v) is 6.94. The van der Waals surface area contributed by atoms with Gasteiger partial charge in [-0.3, -0.25) is 0 Å². The van der Waals surface area contributed by atoms with Gasteiger partial charge in [0.05, 0.1) is 5.02 Å². The van der Waals surface area contributed by atoms with Gasteiger partial charge in [-0.25, -0.2) is 0 Å². The van der Waals surface area contributed by atoms with E-state index in [0.717, 1.165) is 17.9 Å². The van der Waals surface area contributed by atoms with Gasteiger partial charge in [-0.1, -0.05) is 23.7 Å². The minimum absolute atomic E-state index is 0.0624. The number of para-hydroxylation sites is 1. The number of ether oxygens (including phenoxy) is 1. The van der Waals surface area contributed by atoms with Crippen LogP contribution in [0, 0.1) is 0 Å². The molecule has 0 unspecified atom stereocenters. The van der Waals surface area contributed by atoms with E-state index in [1.165, 1.54) is 5.56 Å². The maximum atomic E-state index is 6.27. The zero-order chi connectivity index (χ0) is 14.6. The number of benzene rings is 1. The van der Waals surface area contributed by atoms with E-state index in [4.69, 9.17) is 16.3 Å². The van der Waals surface area contributed by atoms with Gasteiger partial charge in [0, 0.05) is 17.6 Å². The Balaban J connectivity index is 2.09. The molecule has 20 heavy (non-hydrogen) atoms. The molecule has 0 atom stereocenters. The van der Waals surface area contributed by atoms with Crippen molar-refractivity contribution in [3.05, 3.63) is 51.2 Å². The number of hydrogen-bond donors (Lipinski definition) is 1. The van der Waals surface area contributed by atoms with Gasteiger partial charge in [-0.2, -0.15) is 11.3 Å². The molecule has 0 aliphatic rings. The Bertz CT molecular complexity index is 546. The molecule has 0 fully saturated rings. The maximum absolute atomic E-state index is 6.27. The van der Waals surface area contributed by atoms with Crippen LogP contribution in [0.4, 0.5) is 0 Å². The third-order valence-electron chi connectivity index (χ3n) is 2.82. The summed E-state index contributed by atoms with van der Waals surface area (Å²) in [5, 5.41) is 8.26. The Labute approximate surface area is 129 Å². The van der Waals surface area contributed by atoms with E-state index >= 15 is 0 Å². The lowest BCUT2D eigenvalue weighted by atomic mass is 10.1. The monoisotopic (exact) mass is 309 g/mol. The topological polar surface area (TPSA) is 21.3 Å². The average Bonchev–Trinajstić information content (AvgIpc) is 2.87. The molecular weight excluding hydrogens is 290 g/mol. The number of hydrogen-bond acceptors (Lipinski definition) is 3. The Morgan fingerprint density at radius 1 is 1.25 bits per heavy atom. The van der Waals surface area contributed by atoms with E-state index in [0.29, 0.717) is 11.6 Å². The van der Waals surface area contributed by atoms with Gasteiger partial charge < -0.3 is 10.1 Å². The van der Waals surface area contributed by atoms with Crippen molar-refractivity contribution in [2.45, 2.75) is 39.5 Å². The van der Waals surface area contributed by atoms with Gasteiger partial charge in [0.2, 0.25) is 0 Å². The highest BCUT2D eigenvalue weighted by Gasteiger charge is 2.13. The first kappa shape index (κ1) is 15.4. The van der Waals surface area contributed by atoms with Crippen molar-refractivity contribution >= 4 is 22.9 Å². The third-order valence-corrected chi connectivity index (χ3v) is 3.85. The SMILES string of the molecule is CC(C)(C)NCc1cccc(Cl)c1OCc1ccsc1. The van der Waals surface area contributed by atoms with E-state index in [1.54, 1.807) is 11.3 Å². The Morgan fingerprint density at radius 2 is 2.05 bits per heavy atom. The maximum Gasteiger partial charge on any atom is 0.142 e. The van der Waals surface area contributed by atoms with Crippen LogP contribution in [0.25, 0.3) is 0 Å². The molecule has 2 nitrogen and oxygen atoms in total. The molecule has 0 radical (unpaired) electrons. The molecule has 2 rings (SSSR count). The molecule has 0 saturated carbocycles. The van der Waals surface area contributed by atoms with Crippen LogP contribution >= 0.6 is 22.9 Å². The molecule has 1 aromatic heterocycles. The van der Waals surface area contributed by atoms with Crippen LogP contribution in [-0.4, -0.2) is 5.54 Å². The third kappa shape index (κ3) is 4.51. The Hall–Kier alpha value is -1.03. The summed E-state index contributed by atoms with van der Waals surface area (Å²) in [5.41, 5.74) is 2.32. The second kappa shape index (κ2) is 6.61. The van der Waals surface area contributed by atoms with E-state index in [-0.39, 0.29) is 5.54 Å². The molecule has 0 aliphatic heterocycles. The fraction of sp³-hybridized carbons (Fsp3) is 0.375. The van der Waals surface area contributed by atoms with E-state index < -0.39 is 0 Å². The summed E-state index contributed by atoms with van der Waals surface area (Å²) in [6.07, 6.45) is 0. The number of rotatable bonds is 5. The molecule has 108 valence electrons. The van der Waals surface area contributed by atoms with Crippen molar-refractivity contribution in [2.75, 3.05) is 0 Å². The first-order chi connectivity index (χ1) is 9.46. The number of halogens is 1. The van der Waals surface area contributed by atoms with Crippen LogP contribution in [0.3, 0.4) is 0 Å². The average molecular weight is 310 g/mol. The summed E-state index contributed by atoms with van der Waals surface area (Å²) < 4.78 is 5.91. The molecular formula is C16H20ClNOS. The van der Waals surface area contributed by atoms with Crippen molar-refractivity contribution in [1.29, 1.82) is 0 Å². The van der Waals surface area contributed by atoms with Gasteiger partial charge in [-0.15, -0.1) is 0 Å². The zero-order valence-corrected chi connectivity index (χ0v) is 13.6. The summed E-state index contributed by atoms with van der Waals surface area (Å²) in [4.78, 5) is 0. The number of nitrogens with one attached hydrogen (secondary N) is 1. The van der Waals surface area contributed by atoms with Gasteiger partial charge in [-0.05, 0) is 49.2 Å². The highest BCUT2D eigenvalue weighted by Crippen LogP contribution is 2.30. The fourth-order valence-corrected chi connectivity index (χ4v) is 2.65. The van der Waals surface area contributed by atoms with Crippen molar-refractivity contribution in [3.8, 4) is 5.75 Å². The van der Waals surface area contributed by atoms with Crippen LogP contribution in [0.2, 0.25) is 5.02 Å². The minimum atomic E-state index is 0.0624. The standard InChI is InChI=1S/C16H20ClNOS/c1-16(2,3)18-9-13-5-4-6-14(17)15(13)19-10-12-7-8-20-11-12/h4-8,11,18H,9-10H2,1-3H3. The molecule has 0 bridgehead atoms. The predicted octanol–water partition coefficient (Wildman–Crippen LogP) is 4.87. The van der Waals surface area contributed by atoms with Crippen LogP contribution < -0.4 is 10.1 Å². The second-order valence-electron chi connectivity index (χ2n) is 5.75. The summed E-state index contributed by atoms with van der Waals surface area (Å²) in [6, 6.07) is 7.94. The van der Waals surface area contributed by atoms with Gasteiger partial charge in [0.25, 0.3) is 0 Å². The van der Waals surface area contributed by atoms with Gasteiger partial charge in [0.15, 0.2) is 0 Å². The summed E-state index contributed by atoms with van der Waals surface area (Å²) >= 11 is 7.94. The highest BCUT2D eigenvalue weighted by atomic mass is 35.5. The van der Waals surface area contributed by atoms with Crippen molar-refractivity contribution in [1.82, 2.24) is 5.32 Å². The summed E-state index contributed by atoms with van der Waals surface area (Å²) in [6.45, 7) is 7.72. The smallest absolute Gasteiger partial charge is 0.142 e. The van der Waals surface area contributed by atoms with Gasteiger partial charge in [0.1, 0.15) is 12.4 Å². The van der Waals surface area contributed by atoms with E-state index in [1.807, 2.05) is 23.6 Å². The molecule has 1 heterocycles. The Morgan fingerprint density at radius 3 is 2.70 bits per heavy atom. The first-order valence-electron chi connectivity index (χ1n) is 6.62. The summed E-state index contributed by atoms with van der Waals surface area (Å²) in [5.74, 6) is 0.775. The van der Waals surface area contributed by atoms with E-state index in [2.05, 4.69) is 37.5 Å². The zero-order valence-electron chi connectivity index (χ0n) is 12.1. The first-order valence-corrected chi connectivity index (χ1v) is 7.94. The lowest BCUT2D eigenvalue weighted by molar-refractivity contribution is 0.301. The van der Waals surface area contributed by atoms with Crippen LogP contribution in [0.1, 0.15) is 31.9 Å². The van der Waals surface area contributed by atoms with Crippen LogP contribution in [0.15, 0.2) is 35.0 Å². The molecule has 1 N–H and O–H groups in total. The molecule has 0 spiro atoms.